The Balaban J connectivity index is 1.81. The van der Waals surface area contributed by atoms with Gasteiger partial charge >= 0.3 is 12.1 Å². The summed E-state index contributed by atoms with van der Waals surface area (Å²) in [6.45, 7) is 0.475. The van der Waals surface area contributed by atoms with E-state index < -0.39 is 22.1 Å². The minimum Gasteiger partial charge on any atom is -0.481 e. The van der Waals surface area contributed by atoms with Crippen LogP contribution in [0.1, 0.15) is 6.42 Å². The number of hydrogen-bond donors (Lipinski definition) is 2. The van der Waals surface area contributed by atoms with Gasteiger partial charge in [-0.15, -0.1) is 0 Å². The summed E-state index contributed by atoms with van der Waals surface area (Å²) < 4.78 is 42.5. The Bertz CT molecular complexity index is 1060. The van der Waals surface area contributed by atoms with Crippen molar-refractivity contribution in [1.29, 1.82) is 0 Å². The van der Waals surface area contributed by atoms with Crippen molar-refractivity contribution in [3.8, 4) is 11.8 Å². The quantitative estimate of drug-likeness (QED) is 0.553. The fourth-order valence-electron chi connectivity index (χ4n) is 2.79. The maximum atomic E-state index is 12.9. The molecule has 0 bridgehead atoms. The first kappa shape index (κ1) is 22.4. The number of hydrogen-bond acceptors (Lipinski definition) is 10. The molecule has 2 N–H and O–H groups in total. The zero-order valence-corrected chi connectivity index (χ0v) is 18.2. The predicted octanol–water partition coefficient (Wildman–Crippen LogP) is 0.981. The van der Waals surface area contributed by atoms with Crippen LogP contribution in [-0.2, 0) is 14.8 Å². The Kier molecular flexibility index (Phi) is 6.70. The van der Waals surface area contributed by atoms with Crippen molar-refractivity contribution in [2.24, 2.45) is 0 Å². The third-order valence-electron chi connectivity index (χ3n) is 4.24. The summed E-state index contributed by atoms with van der Waals surface area (Å²) in [7, 11) is -1.61. The van der Waals surface area contributed by atoms with Crippen molar-refractivity contribution in [2.75, 3.05) is 39.2 Å². The molecule has 0 atom stereocenters. The minimum absolute atomic E-state index is 0.0456. The number of aromatic nitrogens is 2. The third-order valence-corrected chi connectivity index (χ3v) is 6.07. The zero-order chi connectivity index (χ0) is 22.6. The molecule has 14 heteroatoms. The van der Waals surface area contributed by atoms with Crippen molar-refractivity contribution in [1.82, 2.24) is 19.6 Å². The summed E-state index contributed by atoms with van der Waals surface area (Å²) >= 11 is 5.29. The Labute approximate surface area is 183 Å². The second-order valence-electron chi connectivity index (χ2n) is 6.24. The van der Waals surface area contributed by atoms with Crippen LogP contribution in [0, 0.1) is 0 Å². The molecule has 12 nitrogen and oxygen atoms in total. The molecule has 166 valence electrons. The number of urea groups is 1. The van der Waals surface area contributed by atoms with Crippen molar-refractivity contribution < 1.29 is 32.2 Å². The lowest BCUT2D eigenvalue weighted by Crippen LogP contribution is -2.38. The van der Waals surface area contributed by atoms with E-state index in [1.165, 1.54) is 31.3 Å². The summed E-state index contributed by atoms with van der Waals surface area (Å²) in [6.07, 6.45) is 2.69. The molecule has 2 aliphatic rings. The maximum absolute atomic E-state index is 12.9. The van der Waals surface area contributed by atoms with Gasteiger partial charge in [0.05, 0.1) is 38.3 Å². The average molecular weight is 470 g/mol. The van der Waals surface area contributed by atoms with Gasteiger partial charge in [-0.25, -0.2) is 22.7 Å². The largest absolute Gasteiger partial charge is 0.481 e. The highest BCUT2D eigenvalue weighted by Crippen LogP contribution is 2.24. The molecule has 1 aliphatic heterocycles. The smallest absolute Gasteiger partial charge is 0.410 e. The molecule has 1 aliphatic carbocycles. The van der Waals surface area contributed by atoms with Gasteiger partial charge in [0, 0.05) is 16.9 Å². The summed E-state index contributed by atoms with van der Waals surface area (Å²) in [5.74, 6) is -0.0197. The zero-order valence-electron chi connectivity index (χ0n) is 16.6. The number of rotatable bonds is 7. The summed E-state index contributed by atoms with van der Waals surface area (Å²) in [5, 5.41) is 2.22. The Hall–Kier alpha value is -3.26. The lowest BCUT2D eigenvalue weighted by molar-refractivity contribution is 0.160. The fourth-order valence-corrected chi connectivity index (χ4v) is 4.31. The van der Waals surface area contributed by atoms with Gasteiger partial charge in [0.15, 0.2) is 0 Å². The van der Waals surface area contributed by atoms with E-state index in [4.69, 9.17) is 26.4 Å². The molecule has 1 saturated heterocycles. The SMILES string of the molecule is COc1cc(OC)nc(NC(=O)NS(=O)(=O)C2=C(CN3CCOC3=O)C(=S)CC=C2)n1. The van der Waals surface area contributed by atoms with E-state index in [1.807, 2.05) is 4.72 Å². The van der Waals surface area contributed by atoms with Crippen LogP contribution in [-0.4, -0.2) is 74.2 Å². The number of methoxy groups -OCH3 is 2. The van der Waals surface area contributed by atoms with Crippen molar-refractivity contribution in [3.05, 3.63) is 28.7 Å². The van der Waals surface area contributed by atoms with E-state index >= 15 is 0 Å². The number of thiocarbonyl (C=S) groups is 1. The molecule has 0 radical (unpaired) electrons. The van der Waals surface area contributed by atoms with Crippen LogP contribution in [0.5, 0.6) is 11.8 Å². The molecule has 1 aromatic rings. The van der Waals surface area contributed by atoms with Crippen molar-refractivity contribution in [2.45, 2.75) is 6.42 Å². The van der Waals surface area contributed by atoms with Crippen LogP contribution in [0.3, 0.4) is 0 Å². The van der Waals surface area contributed by atoms with Crippen LogP contribution in [0.2, 0.25) is 0 Å². The molecule has 0 aromatic carbocycles. The molecule has 2 heterocycles. The highest BCUT2D eigenvalue weighted by Gasteiger charge is 2.30. The van der Waals surface area contributed by atoms with Gasteiger partial charge in [0.1, 0.15) is 6.61 Å². The number of carbonyl (C=O) groups is 2. The van der Waals surface area contributed by atoms with Gasteiger partial charge in [0.25, 0.3) is 10.0 Å². The monoisotopic (exact) mass is 469 g/mol. The molecule has 3 amide bonds. The van der Waals surface area contributed by atoms with Crippen LogP contribution >= 0.6 is 12.2 Å². The Morgan fingerprint density at radius 3 is 2.55 bits per heavy atom. The van der Waals surface area contributed by atoms with Crippen molar-refractivity contribution in [3.63, 3.8) is 0 Å². The van der Waals surface area contributed by atoms with E-state index in [0.29, 0.717) is 17.8 Å². The first-order valence-electron chi connectivity index (χ1n) is 8.89. The fraction of sp³-hybridized carbons (Fsp3) is 0.353. The van der Waals surface area contributed by atoms with E-state index in [1.54, 1.807) is 6.08 Å². The summed E-state index contributed by atoms with van der Waals surface area (Å²) in [5.41, 5.74) is 0.246. The van der Waals surface area contributed by atoms with E-state index in [2.05, 4.69) is 15.3 Å². The number of sulfonamides is 1. The van der Waals surface area contributed by atoms with Gasteiger partial charge in [0.2, 0.25) is 17.7 Å². The molecule has 1 fully saturated rings. The van der Waals surface area contributed by atoms with Gasteiger partial charge in [-0.1, -0.05) is 18.3 Å². The number of amides is 3. The number of nitrogens with zero attached hydrogens (tertiary/aromatic N) is 3. The molecule has 31 heavy (non-hydrogen) atoms. The van der Waals surface area contributed by atoms with Gasteiger partial charge < -0.3 is 19.1 Å². The lowest BCUT2D eigenvalue weighted by atomic mass is 10.0. The topological polar surface area (TPSA) is 149 Å². The molecule has 1 aromatic heterocycles. The van der Waals surface area contributed by atoms with E-state index in [9.17, 15) is 18.0 Å². The van der Waals surface area contributed by atoms with Gasteiger partial charge in [-0.05, 0) is 6.08 Å². The normalized spacial score (nSPS) is 16.3. The number of nitrogens with one attached hydrogen (secondary N) is 2. The van der Waals surface area contributed by atoms with E-state index in [0.717, 1.165) is 0 Å². The highest BCUT2D eigenvalue weighted by molar-refractivity contribution is 7.94. The summed E-state index contributed by atoms with van der Waals surface area (Å²) in [6, 6.07) is 0.279. The number of anilines is 1. The summed E-state index contributed by atoms with van der Waals surface area (Å²) in [4.78, 5) is 33.4. The molecule has 0 spiro atoms. The van der Waals surface area contributed by atoms with E-state index in [-0.39, 0.29) is 41.3 Å². The van der Waals surface area contributed by atoms with Crippen LogP contribution in [0.25, 0.3) is 0 Å². The number of allylic oxidation sites excluding steroid dienone is 2. The van der Waals surface area contributed by atoms with Crippen LogP contribution in [0.15, 0.2) is 28.7 Å². The molecule has 0 saturated carbocycles. The van der Waals surface area contributed by atoms with Gasteiger partial charge in [-0.3, -0.25) is 5.32 Å². The lowest BCUT2D eigenvalue weighted by Gasteiger charge is -2.21. The van der Waals surface area contributed by atoms with Crippen LogP contribution < -0.4 is 19.5 Å². The molecule has 3 rings (SSSR count). The minimum atomic E-state index is -4.33. The predicted molar refractivity (Wildman–Crippen MR) is 113 cm³/mol. The van der Waals surface area contributed by atoms with Crippen LogP contribution in [0.4, 0.5) is 15.5 Å². The van der Waals surface area contributed by atoms with Crippen molar-refractivity contribution >= 4 is 45.2 Å². The standard InChI is InChI=1S/C17H19N5O7S2/c1-27-13-8-14(28-2)19-15(18-13)20-16(23)21-31(25,26)12-5-3-4-11(30)10(12)9-22-6-7-29-17(22)24/h3,5,8H,4,6-7,9H2,1-2H3,(H2,18,19,20,21,23). The number of ether oxygens (including phenoxy) is 3. The second-order valence-corrected chi connectivity index (χ2v) is 8.39. The number of cyclic esters (lactones) is 1. The third kappa shape index (κ3) is 5.27. The Morgan fingerprint density at radius 1 is 1.29 bits per heavy atom. The molecular weight excluding hydrogens is 450 g/mol. The van der Waals surface area contributed by atoms with Gasteiger partial charge in [-0.2, -0.15) is 9.97 Å². The Morgan fingerprint density at radius 2 is 1.97 bits per heavy atom. The number of carbonyl (C=O) groups excluding carboxylic acids is 2. The first-order valence-corrected chi connectivity index (χ1v) is 10.8. The average Bonchev–Trinajstić information content (AvgIpc) is 3.13. The molecular formula is C17H19N5O7S2. The molecule has 0 unspecified atom stereocenters. The first-order chi connectivity index (χ1) is 14.7. The second kappa shape index (κ2) is 9.26. The maximum Gasteiger partial charge on any atom is 0.410 e. The highest BCUT2D eigenvalue weighted by atomic mass is 32.2.